The Morgan fingerprint density at radius 1 is 1.47 bits per heavy atom. The van der Waals surface area contributed by atoms with E-state index in [9.17, 15) is 4.79 Å². The van der Waals surface area contributed by atoms with E-state index in [0.29, 0.717) is 17.3 Å². The van der Waals surface area contributed by atoms with Crippen molar-refractivity contribution in [2.45, 2.75) is 45.7 Å². The molecule has 1 fully saturated rings. The van der Waals surface area contributed by atoms with Crippen LogP contribution in [-0.2, 0) is 0 Å². The minimum Gasteiger partial charge on any atom is -0.397 e. The first-order valence-corrected chi connectivity index (χ1v) is 6.27. The second kappa shape index (κ2) is 4.43. The SMILES string of the molecule is CC(NC(=O)c1cc(N)cn1C(C)C)C1CC1. The lowest BCUT2D eigenvalue weighted by molar-refractivity contribution is 0.0925. The molecule has 0 radical (unpaired) electrons. The number of hydrogen-bond acceptors (Lipinski definition) is 2. The van der Waals surface area contributed by atoms with Crippen molar-refractivity contribution < 1.29 is 4.79 Å². The summed E-state index contributed by atoms with van der Waals surface area (Å²) in [6, 6.07) is 2.25. The topological polar surface area (TPSA) is 60.1 Å². The molecule has 4 nitrogen and oxygen atoms in total. The number of hydrogen-bond donors (Lipinski definition) is 2. The molecule has 3 N–H and O–H groups in total. The van der Waals surface area contributed by atoms with E-state index in [4.69, 9.17) is 5.73 Å². The summed E-state index contributed by atoms with van der Waals surface area (Å²) in [4.78, 5) is 12.1. The molecule has 1 aliphatic rings. The summed E-state index contributed by atoms with van der Waals surface area (Å²) in [6.45, 7) is 6.16. The van der Waals surface area contributed by atoms with Gasteiger partial charge in [-0.15, -0.1) is 0 Å². The summed E-state index contributed by atoms with van der Waals surface area (Å²) in [5, 5.41) is 3.05. The number of aromatic nitrogens is 1. The van der Waals surface area contributed by atoms with Gasteiger partial charge in [-0.25, -0.2) is 0 Å². The van der Waals surface area contributed by atoms with Gasteiger partial charge >= 0.3 is 0 Å². The van der Waals surface area contributed by atoms with E-state index >= 15 is 0 Å². The Hall–Kier alpha value is -1.45. The molecular weight excluding hydrogens is 214 g/mol. The molecule has 0 aliphatic heterocycles. The van der Waals surface area contributed by atoms with Gasteiger partial charge in [0.2, 0.25) is 0 Å². The Morgan fingerprint density at radius 3 is 2.65 bits per heavy atom. The number of nitrogens with two attached hydrogens (primary N) is 1. The van der Waals surface area contributed by atoms with Crippen LogP contribution < -0.4 is 11.1 Å². The molecule has 0 saturated heterocycles. The van der Waals surface area contributed by atoms with E-state index in [1.165, 1.54) is 12.8 Å². The molecule has 4 heteroatoms. The van der Waals surface area contributed by atoms with Crippen LogP contribution in [0.25, 0.3) is 0 Å². The molecule has 0 aromatic carbocycles. The summed E-state index contributed by atoms with van der Waals surface area (Å²) in [5.41, 5.74) is 7.06. The van der Waals surface area contributed by atoms with Crippen molar-refractivity contribution in [2.24, 2.45) is 5.92 Å². The predicted molar refractivity (Wildman–Crippen MR) is 68.9 cm³/mol. The van der Waals surface area contributed by atoms with Gasteiger partial charge in [0.1, 0.15) is 5.69 Å². The van der Waals surface area contributed by atoms with Crippen LogP contribution >= 0.6 is 0 Å². The van der Waals surface area contributed by atoms with Gasteiger partial charge in [-0.05, 0) is 45.6 Å². The molecule has 1 atom stereocenters. The van der Waals surface area contributed by atoms with Crippen LogP contribution in [0.4, 0.5) is 5.69 Å². The number of carbonyl (C=O) groups excluding carboxylic acids is 1. The van der Waals surface area contributed by atoms with Gasteiger partial charge in [0, 0.05) is 18.3 Å². The van der Waals surface area contributed by atoms with Gasteiger partial charge in [-0.3, -0.25) is 4.79 Å². The fourth-order valence-electron chi connectivity index (χ4n) is 2.10. The summed E-state index contributed by atoms with van der Waals surface area (Å²) < 4.78 is 1.92. The average Bonchev–Trinajstić information content (AvgIpc) is 3.01. The first kappa shape index (κ1) is 12.0. The minimum absolute atomic E-state index is 0.0187. The Bertz CT molecular complexity index is 418. The fraction of sp³-hybridized carbons (Fsp3) is 0.615. The number of amides is 1. The zero-order valence-electron chi connectivity index (χ0n) is 10.7. The van der Waals surface area contributed by atoms with Gasteiger partial charge in [-0.2, -0.15) is 0 Å². The van der Waals surface area contributed by atoms with Crippen LogP contribution in [0, 0.1) is 5.92 Å². The molecule has 1 aromatic rings. The smallest absolute Gasteiger partial charge is 0.268 e. The van der Waals surface area contributed by atoms with Crippen molar-refractivity contribution in [1.82, 2.24) is 9.88 Å². The number of nitrogens with zero attached hydrogens (tertiary/aromatic N) is 1. The molecule has 17 heavy (non-hydrogen) atoms. The second-order valence-corrected chi connectivity index (χ2v) is 5.26. The summed E-state index contributed by atoms with van der Waals surface area (Å²) in [5.74, 6) is 0.647. The van der Waals surface area contributed by atoms with E-state index in [1.54, 1.807) is 6.07 Å². The number of nitrogens with one attached hydrogen (secondary N) is 1. The fourth-order valence-corrected chi connectivity index (χ4v) is 2.10. The van der Waals surface area contributed by atoms with E-state index in [1.807, 2.05) is 24.6 Å². The zero-order chi connectivity index (χ0) is 12.6. The highest BCUT2D eigenvalue weighted by Gasteiger charge is 2.29. The summed E-state index contributed by atoms with van der Waals surface area (Å²) >= 11 is 0. The standard InChI is InChI=1S/C13H21N3O/c1-8(2)16-7-11(14)6-12(16)13(17)15-9(3)10-4-5-10/h6-10H,4-5,14H2,1-3H3,(H,15,17). The Morgan fingerprint density at radius 2 is 2.12 bits per heavy atom. The average molecular weight is 235 g/mol. The van der Waals surface area contributed by atoms with E-state index < -0.39 is 0 Å². The maximum atomic E-state index is 12.1. The first-order valence-electron chi connectivity index (χ1n) is 6.27. The zero-order valence-corrected chi connectivity index (χ0v) is 10.7. The van der Waals surface area contributed by atoms with Crippen molar-refractivity contribution >= 4 is 11.6 Å². The van der Waals surface area contributed by atoms with E-state index in [0.717, 1.165) is 0 Å². The number of rotatable bonds is 4. The van der Waals surface area contributed by atoms with Crippen LogP contribution in [0.15, 0.2) is 12.3 Å². The Labute approximate surface area is 102 Å². The maximum absolute atomic E-state index is 12.1. The van der Waals surface area contributed by atoms with Crippen LogP contribution in [-0.4, -0.2) is 16.5 Å². The third-order valence-corrected chi connectivity index (χ3v) is 3.35. The maximum Gasteiger partial charge on any atom is 0.268 e. The molecule has 2 rings (SSSR count). The van der Waals surface area contributed by atoms with Crippen LogP contribution in [0.5, 0.6) is 0 Å². The van der Waals surface area contributed by atoms with Gasteiger partial charge in [0.25, 0.3) is 5.91 Å². The van der Waals surface area contributed by atoms with Gasteiger partial charge in [0.05, 0.1) is 5.69 Å². The molecule has 1 heterocycles. The molecule has 0 spiro atoms. The highest BCUT2D eigenvalue weighted by Crippen LogP contribution is 2.32. The molecule has 94 valence electrons. The molecule has 0 bridgehead atoms. The summed E-state index contributed by atoms with van der Waals surface area (Å²) in [6.07, 6.45) is 4.28. The largest absolute Gasteiger partial charge is 0.397 e. The monoisotopic (exact) mass is 235 g/mol. The van der Waals surface area contributed by atoms with Crippen molar-refractivity contribution in [3.63, 3.8) is 0 Å². The van der Waals surface area contributed by atoms with Crippen molar-refractivity contribution in [3.8, 4) is 0 Å². The Kier molecular flexibility index (Phi) is 3.13. The van der Waals surface area contributed by atoms with Crippen LogP contribution in [0.2, 0.25) is 0 Å². The lowest BCUT2D eigenvalue weighted by atomic mass is 10.2. The summed E-state index contributed by atoms with van der Waals surface area (Å²) in [7, 11) is 0. The van der Waals surface area contributed by atoms with Gasteiger partial charge < -0.3 is 15.6 Å². The molecular formula is C13H21N3O. The number of nitrogen functional groups attached to an aromatic ring is 1. The number of carbonyl (C=O) groups is 1. The molecule has 1 aromatic heterocycles. The van der Waals surface area contributed by atoms with E-state index in [2.05, 4.69) is 12.2 Å². The van der Waals surface area contributed by atoms with Gasteiger partial charge in [0.15, 0.2) is 0 Å². The van der Waals surface area contributed by atoms with Crippen molar-refractivity contribution in [3.05, 3.63) is 18.0 Å². The van der Waals surface area contributed by atoms with Crippen molar-refractivity contribution in [1.29, 1.82) is 0 Å². The molecule has 1 aliphatic carbocycles. The highest BCUT2D eigenvalue weighted by atomic mass is 16.2. The molecule has 1 unspecified atom stereocenters. The third kappa shape index (κ3) is 2.62. The lowest BCUT2D eigenvalue weighted by Gasteiger charge is -2.16. The first-order chi connectivity index (χ1) is 7.99. The quantitative estimate of drug-likeness (QED) is 0.840. The van der Waals surface area contributed by atoms with E-state index in [-0.39, 0.29) is 18.0 Å². The molecule has 1 amide bonds. The van der Waals surface area contributed by atoms with Gasteiger partial charge in [-0.1, -0.05) is 0 Å². The minimum atomic E-state index is -0.0187. The third-order valence-electron chi connectivity index (χ3n) is 3.35. The van der Waals surface area contributed by atoms with Crippen molar-refractivity contribution in [2.75, 3.05) is 5.73 Å². The van der Waals surface area contributed by atoms with Crippen LogP contribution in [0.3, 0.4) is 0 Å². The predicted octanol–water partition coefficient (Wildman–Crippen LogP) is 2.18. The lowest BCUT2D eigenvalue weighted by Crippen LogP contribution is -2.35. The van der Waals surface area contributed by atoms with Crippen LogP contribution in [0.1, 0.15) is 50.1 Å². The number of anilines is 1. The molecule has 1 saturated carbocycles. The second-order valence-electron chi connectivity index (χ2n) is 5.26. The Balaban J connectivity index is 2.12. The normalized spacial score (nSPS) is 17.2. The highest BCUT2D eigenvalue weighted by molar-refractivity contribution is 5.94.